The van der Waals surface area contributed by atoms with Gasteiger partial charge in [-0.1, -0.05) is 5.16 Å². The van der Waals surface area contributed by atoms with E-state index in [0.29, 0.717) is 31.4 Å². The lowest BCUT2D eigenvalue weighted by atomic mass is 10.1. The van der Waals surface area contributed by atoms with Crippen molar-refractivity contribution in [2.75, 3.05) is 26.7 Å². The number of morpholine rings is 1. The SMILES string of the molecule is CN=C(NCc1nc(C)no1)N1CCOC(c2cnn(C)c2)C1.I. The zero-order valence-corrected chi connectivity index (χ0v) is 16.3. The molecule has 0 aromatic carbocycles. The number of hydrogen-bond donors (Lipinski definition) is 1. The highest BCUT2D eigenvalue weighted by Gasteiger charge is 2.25. The minimum atomic E-state index is -0.0124. The molecule has 0 radical (unpaired) electrons. The van der Waals surface area contributed by atoms with Gasteiger partial charge in [0, 0.05) is 32.4 Å². The molecular formula is C14H22IN7O2. The first-order valence-electron chi connectivity index (χ1n) is 7.50. The van der Waals surface area contributed by atoms with Crippen LogP contribution in [0.1, 0.15) is 23.4 Å². The number of guanidine groups is 1. The van der Waals surface area contributed by atoms with Crippen LogP contribution in [0.2, 0.25) is 0 Å². The summed E-state index contributed by atoms with van der Waals surface area (Å²) in [5.74, 6) is 1.96. The first kappa shape index (κ1) is 18.6. The zero-order valence-electron chi connectivity index (χ0n) is 14.0. The van der Waals surface area contributed by atoms with Crippen LogP contribution >= 0.6 is 24.0 Å². The Kier molecular flexibility index (Phi) is 6.54. The number of aliphatic imine (C=N–C) groups is 1. The van der Waals surface area contributed by atoms with Crippen LogP contribution in [-0.4, -0.2) is 57.5 Å². The van der Waals surface area contributed by atoms with Crippen LogP contribution < -0.4 is 5.32 Å². The summed E-state index contributed by atoms with van der Waals surface area (Å²) in [6.45, 7) is 4.37. The molecule has 3 rings (SSSR count). The van der Waals surface area contributed by atoms with Crippen molar-refractivity contribution in [3.63, 3.8) is 0 Å². The summed E-state index contributed by atoms with van der Waals surface area (Å²) < 4.78 is 12.7. The predicted octanol–water partition coefficient (Wildman–Crippen LogP) is 0.878. The largest absolute Gasteiger partial charge is 0.370 e. The first-order chi connectivity index (χ1) is 11.2. The van der Waals surface area contributed by atoms with Crippen molar-refractivity contribution in [3.05, 3.63) is 29.7 Å². The molecule has 132 valence electrons. The average molecular weight is 447 g/mol. The van der Waals surface area contributed by atoms with E-state index < -0.39 is 0 Å². The molecular weight excluding hydrogens is 425 g/mol. The van der Waals surface area contributed by atoms with Gasteiger partial charge in [0.2, 0.25) is 5.89 Å². The maximum Gasteiger partial charge on any atom is 0.246 e. The molecule has 0 aliphatic carbocycles. The van der Waals surface area contributed by atoms with E-state index >= 15 is 0 Å². The molecule has 0 saturated carbocycles. The Morgan fingerprint density at radius 1 is 1.50 bits per heavy atom. The number of hydrogen-bond acceptors (Lipinski definition) is 6. The Labute approximate surface area is 157 Å². The zero-order chi connectivity index (χ0) is 16.2. The molecule has 1 aliphatic rings. The maximum atomic E-state index is 5.85. The topological polar surface area (TPSA) is 93.6 Å². The number of aromatic nitrogens is 4. The van der Waals surface area contributed by atoms with E-state index in [0.717, 1.165) is 18.1 Å². The summed E-state index contributed by atoms with van der Waals surface area (Å²) in [5, 5.41) is 11.2. The van der Waals surface area contributed by atoms with Gasteiger partial charge in [0.25, 0.3) is 0 Å². The second kappa shape index (κ2) is 8.42. The van der Waals surface area contributed by atoms with Crippen molar-refractivity contribution in [3.8, 4) is 0 Å². The summed E-state index contributed by atoms with van der Waals surface area (Å²) in [6, 6.07) is 0. The quantitative estimate of drug-likeness (QED) is 0.424. The Balaban J connectivity index is 0.00000208. The van der Waals surface area contributed by atoms with E-state index in [2.05, 4.69) is 30.4 Å². The van der Waals surface area contributed by atoms with E-state index in [1.54, 1.807) is 18.7 Å². The third-order valence-corrected chi connectivity index (χ3v) is 3.64. The summed E-state index contributed by atoms with van der Waals surface area (Å²) >= 11 is 0. The first-order valence-corrected chi connectivity index (χ1v) is 7.50. The number of nitrogens with one attached hydrogen (secondary N) is 1. The monoisotopic (exact) mass is 447 g/mol. The van der Waals surface area contributed by atoms with Crippen molar-refractivity contribution in [2.24, 2.45) is 12.0 Å². The third-order valence-electron chi connectivity index (χ3n) is 3.64. The molecule has 1 N–H and O–H groups in total. The van der Waals surface area contributed by atoms with Crippen LogP contribution in [-0.2, 0) is 18.3 Å². The molecule has 3 heterocycles. The van der Waals surface area contributed by atoms with Crippen LogP contribution in [0.15, 0.2) is 21.9 Å². The Morgan fingerprint density at radius 2 is 2.33 bits per heavy atom. The van der Waals surface area contributed by atoms with Crippen molar-refractivity contribution in [1.82, 2.24) is 30.1 Å². The van der Waals surface area contributed by atoms with E-state index in [4.69, 9.17) is 9.26 Å². The van der Waals surface area contributed by atoms with Gasteiger partial charge in [0.05, 0.1) is 25.9 Å². The van der Waals surface area contributed by atoms with Gasteiger partial charge in [0.1, 0.15) is 6.10 Å². The van der Waals surface area contributed by atoms with E-state index in [1.165, 1.54) is 0 Å². The van der Waals surface area contributed by atoms with Crippen molar-refractivity contribution in [2.45, 2.75) is 19.6 Å². The molecule has 2 aromatic rings. The van der Waals surface area contributed by atoms with Gasteiger partial charge in [-0.15, -0.1) is 24.0 Å². The lowest BCUT2D eigenvalue weighted by molar-refractivity contribution is -0.00809. The van der Waals surface area contributed by atoms with E-state index in [9.17, 15) is 0 Å². The minimum absolute atomic E-state index is 0. The fourth-order valence-corrected chi connectivity index (χ4v) is 2.55. The lowest BCUT2D eigenvalue weighted by Gasteiger charge is -2.34. The highest BCUT2D eigenvalue weighted by atomic mass is 127. The fourth-order valence-electron chi connectivity index (χ4n) is 2.55. The van der Waals surface area contributed by atoms with Gasteiger partial charge >= 0.3 is 0 Å². The third kappa shape index (κ3) is 4.44. The molecule has 1 unspecified atom stereocenters. The lowest BCUT2D eigenvalue weighted by Crippen LogP contribution is -2.47. The Bertz CT molecular complexity index is 684. The van der Waals surface area contributed by atoms with Gasteiger partial charge in [-0.2, -0.15) is 10.1 Å². The van der Waals surface area contributed by atoms with E-state index in [-0.39, 0.29) is 30.1 Å². The molecule has 1 fully saturated rings. The second-order valence-electron chi connectivity index (χ2n) is 5.39. The van der Waals surface area contributed by atoms with Gasteiger partial charge < -0.3 is 19.5 Å². The molecule has 0 spiro atoms. The molecule has 2 aromatic heterocycles. The normalized spacial score (nSPS) is 18.4. The summed E-state index contributed by atoms with van der Waals surface area (Å²) in [5.41, 5.74) is 1.07. The Morgan fingerprint density at radius 3 is 2.96 bits per heavy atom. The maximum absolute atomic E-state index is 5.85. The number of nitrogens with zero attached hydrogens (tertiary/aromatic N) is 6. The molecule has 9 nitrogen and oxygen atoms in total. The summed E-state index contributed by atoms with van der Waals surface area (Å²) in [6.07, 6.45) is 3.80. The highest BCUT2D eigenvalue weighted by molar-refractivity contribution is 14.0. The molecule has 10 heteroatoms. The van der Waals surface area contributed by atoms with Gasteiger partial charge in [-0.3, -0.25) is 9.67 Å². The molecule has 24 heavy (non-hydrogen) atoms. The predicted molar refractivity (Wildman–Crippen MR) is 98.1 cm³/mol. The van der Waals surface area contributed by atoms with Crippen LogP contribution in [0.3, 0.4) is 0 Å². The molecule has 0 amide bonds. The smallest absolute Gasteiger partial charge is 0.246 e. The molecule has 0 bridgehead atoms. The van der Waals surface area contributed by atoms with Crippen molar-refractivity contribution in [1.29, 1.82) is 0 Å². The van der Waals surface area contributed by atoms with Crippen LogP contribution in [0.4, 0.5) is 0 Å². The van der Waals surface area contributed by atoms with Crippen LogP contribution in [0, 0.1) is 6.92 Å². The average Bonchev–Trinajstić information content (AvgIpc) is 3.17. The molecule has 1 aliphatic heterocycles. The highest BCUT2D eigenvalue weighted by Crippen LogP contribution is 2.21. The molecule has 1 atom stereocenters. The standard InChI is InChI=1S/C14H21N7O2.HI/c1-10-18-13(23-19-10)7-16-14(15-2)21-4-5-22-12(9-21)11-6-17-20(3)8-11;/h6,8,12H,4-5,7,9H2,1-3H3,(H,15,16);1H. The fraction of sp³-hybridized carbons (Fsp3) is 0.571. The van der Waals surface area contributed by atoms with Gasteiger partial charge in [-0.05, 0) is 6.92 Å². The summed E-state index contributed by atoms with van der Waals surface area (Å²) in [4.78, 5) is 10.7. The van der Waals surface area contributed by atoms with Crippen LogP contribution in [0.5, 0.6) is 0 Å². The second-order valence-corrected chi connectivity index (χ2v) is 5.39. The molecule has 1 saturated heterocycles. The van der Waals surface area contributed by atoms with Crippen LogP contribution in [0.25, 0.3) is 0 Å². The minimum Gasteiger partial charge on any atom is -0.370 e. The number of aryl methyl sites for hydroxylation is 2. The number of ether oxygens (including phenoxy) is 1. The van der Waals surface area contributed by atoms with Crippen molar-refractivity contribution < 1.29 is 9.26 Å². The Hall–Kier alpha value is -1.69. The summed E-state index contributed by atoms with van der Waals surface area (Å²) in [7, 11) is 3.66. The number of halogens is 1. The van der Waals surface area contributed by atoms with E-state index in [1.807, 2.05) is 19.4 Å². The van der Waals surface area contributed by atoms with Crippen molar-refractivity contribution >= 4 is 29.9 Å². The van der Waals surface area contributed by atoms with Gasteiger partial charge in [0.15, 0.2) is 11.8 Å². The number of rotatable bonds is 3. The van der Waals surface area contributed by atoms with Gasteiger partial charge in [-0.25, -0.2) is 0 Å².